The van der Waals surface area contributed by atoms with E-state index in [4.69, 9.17) is 16.3 Å². The number of ether oxygens (including phenoxy) is 1. The molecule has 0 saturated heterocycles. The number of nitrogens with zero attached hydrogens (tertiary/aromatic N) is 1. The summed E-state index contributed by atoms with van der Waals surface area (Å²) in [5, 5.41) is 9.57. The number of amides is 1. The monoisotopic (exact) mass is 369 g/mol. The van der Waals surface area contributed by atoms with Gasteiger partial charge in [0.1, 0.15) is 5.75 Å². The van der Waals surface area contributed by atoms with Crippen LogP contribution in [0.25, 0.3) is 0 Å². The van der Waals surface area contributed by atoms with Crippen LogP contribution in [0, 0.1) is 0 Å². The maximum Gasteiger partial charge on any atom is 0.264 e. The number of hydrogen-bond donors (Lipinski definition) is 2. The standard InChI is InChI=1S/C19H16ClN3O3/c1-12(24)21-16-4-2-3-5-17(16)26-18-11-13(6-8-15(18)20)10-14-7-9-19(25)23-22-14/h2-9,11H,10H2,1H3,(H,21,24)(H,23,25). The Bertz CT molecular complexity index is 981. The van der Waals surface area contributed by atoms with Crippen LogP contribution < -0.4 is 15.6 Å². The normalized spacial score (nSPS) is 10.4. The molecule has 0 unspecified atom stereocenters. The molecule has 0 fully saturated rings. The van der Waals surface area contributed by atoms with Crippen LogP contribution in [0.3, 0.4) is 0 Å². The Morgan fingerprint density at radius 3 is 2.69 bits per heavy atom. The number of para-hydroxylation sites is 2. The quantitative estimate of drug-likeness (QED) is 0.717. The van der Waals surface area contributed by atoms with Crippen molar-refractivity contribution in [3.05, 3.63) is 81.2 Å². The third-order valence-corrected chi connectivity index (χ3v) is 3.85. The molecule has 0 atom stereocenters. The van der Waals surface area contributed by atoms with Crippen LogP contribution in [0.15, 0.2) is 59.4 Å². The molecule has 6 nitrogen and oxygen atoms in total. The third kappa shape index (κ3) is 4.49. The second-order valence-corrected chi connectivity index (χ2v) is 6.04. The summed E-state index contributed by atoms with van der Waals surface area (Å²) in [4.78, 5) is 22.4. The summed E-state index contributed by atoms with van der Waals surface area (Å²) in [5.74, 6) is 0.764. The molecule has 1 amide bonds. The molecule has 0 spiro atoms. The van der Waals surface area contributed by atoms with Crippen molar-refractivity contribution in [2.24, 2.45) is 0 Å². The molecule has 1 heterocycles. The topological polar surface area (TPSA) is 84.1 Å². The van der Waals surface area contributed by atoms with Gasteiger partial charge in [0.15, 0.2) is 5.75 Å². The molecule has 0 aliphatic heterocycles. The zero-order chi connectivity index (χ0) is 18.5. The number of nitrogens with one attached hydrogen (secondary N) is 2. The molecule has 0 saturated carbocycles. The smallest absolute Gasteiger partial charge is 0.264 e. The van der Waals surface area contributed by atoms with E-state index >= 15 is 0 Å². The Hall–Kier alpha value is -3.12. The second kappa shape index (κ2) is 7.84. The highest BCUT2D eigenvalue weighted by atomic mass is 35.5. The fourth-order valence-corrected chi connectivity index (χ4v) is 2.54. The highest BCUT2D eigenvalue weighted by Crippen LogP contribution is 2.34. The van der Waals surface area contributed by atoms with Crippen LogP contribution in [0.4, 0.5) is 5.69 Å². The van der Waals surface area contributed by atoms with E-state index in [1.807, 2.05) is 12.1 Å². The molecular formula is C19H16ClN3O3. The highest BCUT2D eigenvalue weighted by Gasteiger charge is 2.10. The average Bonchev–Trinajstić information content (AvgIpc) is 2.61. The van der Waals surface area contributed by atoms with Crippen molar-refractivity contribution < 1.29 is 9.53 Å². The molecule has 3 rings (SSSR count). The molecule has 2 aromatic carbocycles. The van der Waals surface area contributed by atoms with E-state index < -0.39 is 0 Å². The van der Waals surface area contributed by atoms with Gasteiger partial charge in [0.2, 0.25) is 5.91 Å². The maximum atomic E-state index is 11.3. The van der Waals surface area contributed by atoms with Gasteiger partial charge in [-0.15, -0.1) is 0 Å². The Labute approximate surface area is 154 Å². The number of H-pyrrole nitrogens is 1. The highest BCUT2D eigenvalue weighted by molar-refractivity contribution is 6.32. The zero-order valence-corrected chi connectivity index (χ0v) is 14.7. The van der Waals surface area contributed by atoms with Gasteiger partial charge in [-0.1, -0.05) is 29.8 Å². The number of benzene rings is 2. The Morgan fingerprint density at radius 1 is 1.15 bits per heavy atom. The molecule has 0 bridgehead atoms. The summed E-state index contributed by atoms with van der Waals surface area (Å²) in [6.07, 6.45) is 0.512. The Balaban J connectivity index is 1.85. The van der Waals surface area contributed by atoms with Gasteiger partial charge in [0.05, 0.1) is 16.4 Å². The van der Waals surface area contributed by atoms with Crippen molar-refractivity contribution in [1.82, 2.24) is 10.2 Å². The lowest BCUT2D eigenvalue weighted by Crippen LogP contribution is -2.08. The minimum atomic E-state index is -0.247. The molecular weight excluding hydrogens is 354 g/mol. The van der Waals surface area contributed by atoms with E-state index in [9.17, 15) is 9.59 Å². The minimum absolute atomic E-state index is 0.190. The number of carbonyl (C=O) groups excluding carboxylic acids is 1. The van der Waals surface area contributed by atoms with Gasteiger partial charge >= 0.3 is 0 Å². The third-order valence-electron chi connectivity index (χ3n) is 3.54. The van der Waals surface area contributed by atoms with Crippen LogP contribution >= 0.6 is 11.6 Å². The summed E-state index contributed by atoms with van der Waals surface area (Å²) in [6.45, 7) is 1.43. The van der Waals surface area contributed by atoms with E-state index in [2.05, 4.69) is 15.5 Å². The summed E-state index contributed by atoms with van der Waals surface area (Å²) in [7, 11) is 0. The molecule has 7 heteroatoms. The van der Waals surface area contributed by atoms with Crippen molar-refractivity contribution in [2.45, 2.75) is 13.3 Å². The van der Waals surface area contributed by atoms with Crippen LogP contribution in [-0.2, 0) is 11.2 Å². The van der Waals surface area contributed by atoms with E-state index in [0.717, 1.165) is 11.3 Å². The number of aromatic amines is 1. The van der Waals surface area contributed by atoms with Gasteiger partial charge < -0.3 is 10.1 Å². The first-order chi connectivity index (χ1) is 12.5. The maximum absolute atomic E-state index is 11.3. The van der Waals surface area contributed by atoms with E-state index in [1.165, 1.54) is 13.0 Å². The Kier molecular flexibility index (Phi) is 5.34. The van der Waals surface area contributed by atoms with Gasteiger partial charge in [0, 0.05) is 19.4 Å². The molecule has 0 radical (unpaired) electrons. The van der Waals surface area contributed by atoms with Crippen LogP contribution in [0.2, 0.25) is 5.02 Å². The fourth-order valence-electron chi connectivity index (χ4n) is 2.38. The second-order valence-electron chi connectivity index (χ2n) is 5.63. The number of aromatic nitrogens is 2. The molecule has 1 aromatic heterocycles. The first-order valence-electron chi connectivity index (χ1n) is 7.89. The molecule has 2 N–H and O–H groups in total. The van der Waals surface area contributed by atoms with Crippen LogP contribution in [0.1, 0.15) is 18.2 Å². The lowest BCUT2D eigenvalue weighted by Gasteiger charge is -2.13. The number of rotatable bonds is 5. The number of hydrogen-bond acceptors (Lipinski definition) is 4. The SMILES string of the molecule is CC(=O)Nc1ccccc1Oc1cc(Cc2ccc(=O)[nH]n2)ccc1Cl. The fraction of sp³-hybridized carbons (Fsp3) is 0.105. The van der Waals surface area contributed by atoms with Gasteiger partial charge in [-0.3, -0.25) is 9.59 Å². The van der Waals surface area contributed by atoms with Crippen molar-refractivity contribution >= 4 is 23.2 Å². The van der Waals surface area contributed by atoms with Gasteiger partial charge in [-0.05, 0) is 35.9 Å². The summed E-state index contributed by atoms with van der Waals surface area (Å²) in [6, 6.07) is 15.6. The van der Waals surface area contributed by atoms with Crippen molar-refractivity contribution in [3.8, 4) is 11.5 Å². The molecule has 0 aliphatic rings. The first-order valence-corrected chi connectivity index (χ1v) is 8.26. The first kappa shape index (κ1) is 17.7. The average molecular weight is 370 g/mol. The lowest BCUT2D eigenvalue weighted by molar-refractivity contribution is -0.114. The molecule has 3 aromatic rings. The van der Waals surface area contributed by atoms with Crippen molar-refractivity contribution in [3.63, 3.8) is 0 Å². The number of halogens is 1. The molecule has 26 heavy (non-hydrogen) atoms. The summed E-state index contributed by atoms with van der Waals surface area (Å²) < 4.78 is 5.91. The lowest BCUT2D eigenvalue weighted by atomic mass is 10.1. The van der Waals surface area contributed by atoms with Crippen LogP contribution in [-0.4, -0.2) is 16.1 Å². The van der Waals surface area contributed by atoms with Crippen LogP contribution in [0.5, 0.6) is 11.5 Å². The van der Waals surface area contributed by atoms with E-state index in [-0.39, 0.29) is 11.5 Å². The van der Waals surface area contributed by atoms with E-state index in [0.29, 0.717) is 28.6 Å². The largest absolute Gasteiger partial charge is 0.454 e. The molecule has 132 valence electrons. The number of carbonyl (C=O) groups is 1. The van der Waals surface area contributed by atoms with Gasteiger partial charge in [-0.2, -0.15) is 5.10 Å². The molecule has 0 aliphatic carbocycles. The predicted molar refractivity (Wildman–Crippen MR) is 99.9 cm³/mol. The van der Waals surface area contributed by atoms with E-state index in [1.54, 1.807) is 36.4 Å². The summed E-state index contributed by atoms with van der Waals surface area (Å²) >= 11 is 6.25. The van der Waals surface area contributed by atoms with Gasteiger partial charge in [-0.25, -0.2) is 5.10 Å². The van der Waals surface area contributed by atoms with Gasteiger partial charge in [0.25, 0.3) is 5.56 Å². The van der Waals surface area contributed by atoms with Crippen molar-refractivity contribution in [1.29, 1.82) is 0 Å². The zero-order valence-electron chi connectivity index (χ0n) is 14.0. The minimum Gasteiger partial charge on any atom is -0.454 e. The number of anilines is 1. The predicted octanol–water partition coefficient (Wildman–Crippen LogP) is 3.76. The summed E-state index contributed by atoms with van der Waals surface area (Å²) in [5.41, 5.74) is 1.95. The van der Waals surface area contributed by atoms with Crippen molar-refractivity contribution in [2.75, 3.05) is 5.32 Å². The Morgan fingerprint density at radius 2 is 1.96 bits per heavy atom.